The third-order valence-electron chi connectivity index (χ3n) is 1.27. The van der Waals surface area contributed by atoms with E-state index in [9.17, 15) is 5.21 Å². The zero-order valence-electron chi connectivity index (χ0n) is 7.89. The summed E-state index contributed by atoms with van der Waals surface area (Å²) in [6.45, 7) is 12.4. The smallest absolute Gasteiger partial charge is 0.152 e. The molecule has 0 atom stereocenters. The molecule has 0 rings (SSSR count). The Labute approximate surface area is 64.9 Å². The molecule has 0 aromatic carbocycles. The summed E-state index contributed by atoms with van der Waals surface area (Å²) in [5.41, 5.74) is -0.107. The van der Waals surface area contributed by atoms with Gasteiger partial charge in [-0.2, -0.15) is 0 Å². The lowest BCUT2D eigenvalue weighted by molar-refractivity contribution is -0.0808. The second-order valence-electron chi connectivity index (χ2n) is 4.65. The number of hydrogen-bond acceptors (Lipinski definition) is 2. The van der Waals surface area contributed by atoms with E-state index >= 15 is 0 Å². The van der Waals surface area contributed by atoms with Gasteiger partial charge < -0.3 is 5.21 Å². The molecule has 0 aliphatic heterocycles. The average molecular weight is 161 g/mol. The zero-order valence-corrected chi connectivity index (χ0v) is 8.89. The van der Waals surface area contributed by atoms with Crippen LogP contribution in [-0.4, -0.2) is 23.7 Å². The quantitative estimate of drug-likeness (QED) is 0.471. The molecule has 0 aromatic rings. The van der Waals surface area contributed by atoms with Crippen molar-refractivity contribution in [1.82, 2.24) is 4.73 Å². The highest BCUT2D eigenvalue weighted by Crippen LogP contribution is 2.18. The minimum atomic E-state index is -1.51. The summed E-state index contributed by atoms with van der Waals surface area (Å²) in [5, 5.41) is 9.62. The van der Waals surface area contributed by atoms with Gasteiger partial charge >= 0.3 is 0 Å². The van der Waals surface area contributed by atoms with E-state index in [0.29, 0.717) is 0 Å². The van der Waals surface area contributed by atoms with E-state index in [0.717, 1.165) is 0 Å². The topological polar surface area (TPSA) is 23.5 Å². The maximum Gasteiger partial charge on any atom is 0.152 e. The highest BCUT2D eigenvalue weighted by atomic mass is 28.3. The molecule has 0 aromatic heterocycles. The van der Waals surface area contributed by atoms with Crippen molar-refractivity contribution in [3.63, 3.8) is 0 Å². The summed E-state index contributed by atoms with van der Waals surface area (Å²) >= 11 is 0. The Balaban J connectivity index is 4.23. The molecule has 0 saturated heterocycles. The standard InChI is InChI=1S/C7H19NOSi/c1-7(2,3)8(9)10(4,5)6/h9H,1-6H3. The van der Waals surface area contributed by atoms with Crippen LogP contribution in [0.2, 0.25) is 19.6 Å². The molecule has 0 aliphatic rings. The van der Waals surface area contributed by atoms with Crippen LogP contribution >= 0.6 is 0 Å². The Morgan fingerprint density at radius 2 is 1.40 bits per heavy atom. The van der Waals surface area contributed by atoms with Gasteiger partial charge in [-0.05, 0) is 20.8 Å². The zero-order chi connectivity index (χ0) is 8.58. The van der Waals surface area contributed by atoms with E-state index in [1.165, 1.54) is 4.73 Å². The van der Waals surface area contributed by atoms with Crippen molar-refractivity contribution in [1.29, 1.82) is 0 Å². The molecule has 2 nitrogen and oxygen atoms in total. The first-order chi connectivity index (χ1) is 4.15. The first kappa shape index (κ1) is 10.1. The second-order valence-corrected chi connectivity index (χ2v) is 9.42. The number of rotatable bonds is 1. The number of hydroxylamine groups is 1. The van der Waals surface area contributed by atoms with Crippen molar-refractivity contribution in [2.45, 2.75) is 46.0 Å². The van der Waals surface area contributed by atoms with E-state index in [-0.39, 0.29) is 5.54 Å². The lowest BCUT2D eigenvalue weighted by Gasteiger charge is -2.38. The molecule has 0 unspecified atom stereocenters. The molecule has 1 N–H and O–H groups in total. The van der Waals surface area contributed by atoms with Crippen LogP contribution < -0.4 is 0 Å². The van der Waals surface area contributed by atoms with Crippen molar-refractivity contribution in [3.05, 3.63) is 0 Å². The summed E-state index contributed by atoms with van der Waals surface area (Å²) < 4.78 is 1.51. The first-order valence-corrected chi connectivity index (χ1v) is 7.09. The molecule has 0 spiro atoms. The number of hydrogen-bond donors (Lipinski definition) is 1. The summed E-state index contributed by atoms with van der Waals surface area (Å²) in [6.07, 6.45) is 0. The van der Waals surface area contributed by atoms with Crippen molar-refractivity contribution in [2.75, 3.05) is 0 Å². The number of nitrogens with zero attached hydrogens (tertiary/aromatic N) is 1. The molecule has 3 heteroatoms. The van der Waals surface area contributed by atoms with Crippen LogP contribution in [0.1, 0.15) is 20.8 Å². The van der Waals surface area contributed by atoms with Gasteiger partial charge in [-0.15, -0.1) is 0 Å². The molecule has 0 fully saturated rings. The minimum absolute atomic E-state index is 0.107. The van der Waals surface area contributed by atoms with E-state index in [2.05, 4.69) is 19.6 Å². The minimum Gasteiger partial charge on any atom is -0.321 e. The van der Waals surface area contributed by atoms with Crippen LogP contribution in [0.5, 0.6) is 0 Å². The summed E-state index contributed by atoms with van der Waals surface area (Å²) in [5.74, 6) is 0. The fourth-order valence-electron chi connectivity index (χ4n) is 1.01. The molecule has 62 valence electrons. The van der Waals surface area contributed by atoms with Gasteiger partial charge in [0.25, 0.3) is 0 Å². The molecule has 10 heavy (non-hydrogen) atoms. The van der Waals surface area contributed by atoms with Gasteiger partial charge in [0.2, 0.25) is 0 Å². The van der Waals surface area contributed by atoms with Crippen LogP contribution in [0.15, 0.2) is 0 Å². The molecule has 0 radical (unpaired) electrons. The fraction of sp³-hybridized carbons (Fsp3) is 1.00. The molecule has 0 heterocycles. The van der Waals surface area contributed by atoms with Crippen molar-refractivity contribution in [3.8, 4) is 0 Å². The summed E-state index contributed by atoms with van der Waals surface area (Å²) in [6, 6.07) is 0. The van der Waals surface area contributed by atoms with Crippen LogP contribution in [0, 0.1) is 0 Å². The highest BCUT2D eigenvalue weighted by Gasteiger charge is 2.31. The lowest BCUT2D eigenvalue weighted by atomic mass is 10.1. The average Bonchev–Trinajstić information content (AvgIpc) is 1.59. The monoisotopic (exact) mass is 161 g/mol. The summed E-state index contributed by atoms with van der Waals surface area (Å²) in [4.78, 5) is 0. The molecule has 0 aliphatic carbocycles. The molecular formula is C7H19NOSi. The Hall–Kier alpha value is 0.137. The second kappa shape index (κ2) is 2.64. The van der Waals surface area contributed by atoms with Crippen molar-refractivity contribution >= 4 is 8.24 Å². The maximum absolute atomic E-state index is 9.62. The molecule has 0 saturated carbocycles. The van der Waals surface area contributed by atoms with Crippen LogP contribution in [-0.2, 0) is 0 Å². The SMILES string of the molecule is CC(C)(C)N(O)[Si](C)(C)C. The Bertz CT molecular complexity index is 97.8. The van der Waals surface area contributed by atoms with Gasteiger partial charge in [0.15, 0.2) is 8.24 Å². The maximum atomic E-state index is 9.62. The van der Waals surface area contributed by atoms with E-state index in [4.69, 9.17) is 0 Å². The van der Waals surface area contributed by atoms with Gasteiger partial charge in [-0.1, -0.05) is 19.6 Å². The van der Waals surface area contributed by atoms with Crippen LogP contribution in [0.4, 0.5) is 0 Å². The third-order valence-corrected chi connectivity index (χ3v) is 3.21. The highest BCUT2D eigenvalue weighted by molar-refractivity contribution is 6.73. The molecule has 0 amide bonds. The molecular weight excluding hydrogens is 142 g/mol. The van der Waals surface area contributed by atoms with Gasteiger partial charge in [-0.25, -0.2) is 4.73 Å². The van der Waals surface area contributed by atoms with Gasteiger partial charge in [0.1, 0.15) is 0 Å². The Morgan fingerprint density at radius 3 is 1.40 bits per heavy atom. The third kappa shape index (κ3) is 2.81. The largest absolute Gasteiger partial charge is 0.321 e. The lowest BCUT2D eigenvalue weighted by Crippen LogP contribution is -2.53. The van der Waals surface area contributed by atoms with Gasteiger partial charge in [0.05, 0.1) is 0 Å². The van der Waals surface area contributed by atoms with E-state index in [1.54, 1.807) is 0 Å². The Kier molecular flexibility index (Phi) is 2.68. The van der Waals surface area contributed by atoms with Crippen molar-refractivity contribution < 1.29 is 5.21 Å². The summed E-state index contributed by atoms with van der Waals surface area (Å²) in [7, 11) is -1.51. The van der Waals surface area contributed by atoms with E-state index < -0.39 is 8.24 Å². The normalized spacial score (nSPS) is 14.4. The van der Waals surface area contributed by atoms with Gasteiger partial charge in [-0.3, -0.25) is 0 Å². The predicted octanol–water partition coefficient (Wildman–Crippen LogP) is 2.31. The first-order valence-electron chi connectivity index (χ1n) is 3.65. The predicted molar refractivity (Wildman–Crippen MR) is 46.7 cm³/mol. The van der Waals surface area contributed by atoms with Crippen LogP contribution in [0.25, 0.3) is 0 Å². The Morgan fingerprint density at radius 1 is 1.10 bits per heavy atom. The van der Waals surface area contributed by atoms with Crippen LogP contribution in [0.3, 0.4) is 0 Å². The van der Waals surface area contributed by atoms with E-state index in [1.807, 2.05) is 20.8 Å². The van der Waals surface area contributed by atoms with Gasteiger partial charge in [0, 0.05) is 5.54 Å². The fourth-order valence-corrected chi connectivity index (χ4v) is 3.02. The molecule has 0 bridgehead atoms. The van der Waals surface area contributed by atoms with Crippen molar-refractivity contribution in [2.24, 2.45) is 0 Å².